The summed E-state index contributed by atoms with van der Waals surface area (Å²) in [5, 5.41) is 1.14. The number of hydrazine groups is 1. The molecule has 1 aromatic carbocycles. The van der Waals surface area contributed by atoms with Crippen LogP contribution in [0.2, 0.25) is 0 Å². The van der Waals surface area contributed by atoms with E-state index in [-0.39, 0.29) is 6.04 Å². The molecule has 102 valence electrons. The van der Waals surface area contributed by atoms with Crippen molar-refractivity contribution in [2.75, 3.05) is 0 Å². The summed E-state index contributed by atoms with van der Waals surface area (Å²) in [6, 6.07) is 14.6. The summed E-state index contributed by atoms with van der Waals surface area (Å²) in [4.78, 5) is 5.64. The van der Waals surface area contributed by atoms with Gasteiger partial charge < -0.3 is 0 Å². The van der Waals surface area contributed by atoms with E-state index in [1.807, 2.05) is 18.3 Å². The molecule has 0 aliphatic rings. The number of nitrogens with one attached hydrogen (secondary N) is 1. The SMILES string of the molecule is NNC(Cc1ccc(Br)s1)c1ccc2ncccc2c1. The van der Waals surface area contributed by atoms with Crippen LogP contribution in [-0.4, -0.2) is 4.98 Å². The van der Waals surface area contributed by atoms with E-state index in [9.17, 15) is 0 Å². The van der Waals surface area contributed by atoms with Gasteiger partial charge in [0.25, 0.3) is 0 Å². The van der Waals surface area contributed by atoms with Crippen molar-refractivity contribution in [3.8, 4) is 0 Å². The van der Waals surface area contributed by atoms with E-state index in [0.29, 0.717) is 0 Å². The lowest BCUT2D eigenvalue weighted by atomic mass is 10.0. The van der Waals surface area contributed by atoms with E-state index in [1.165, 1.54) is 10.4 Å². The molecule has 0 aliphatic carbocycles. The van der Waals surface area contributed by atoms with Gasteiger partial charge in [-0.1, -0.05) is 12.1 Å². The van der Waals surface area contributed by atoms with Gasteiger partial charge in [-0.15, -0.1) is 11.3 Å². The molecule has 3 nitrogen and oxygen atoms in total. The number of thiophene rings is 1. The Kier molecular flexibility index (Phi) is 4.12. The second-order valence-electron chi connectivity index (χ2n) is 4.58. The standard InChI is InChI=1S/C15H14BrN3S/c16-15-6-4-12(20-15)9-14(19-17)11-3-5-13-10(8-11)2-1-7-18-13/h1-8,14,19H,9,17H2. The van der Waals surface area contributed by atoms with Gasteiger partial charge in [-0.3, -0.25) is 16.3 Å². The summed E-state index contributed by atoms with van der Waals surface area (Å²) in [5.74, 6) is 5.73. The Morgan fingerprint density at radius 1 is 1.25 bits per heavy atom. The lowest BCUT2D eigenvalue weighted by Crippen LogP contribution is -2.29. The summed E-state index contributed by atoms with van der Waals surface area (Å²) in [6.07, 6.45) is 2.68. The van der Waals surface area contributed by atoms with Crippen LogP contribution in [0.15, 0.2) is 52.4 Å². The van der Waals surface area contributed by atoms with Crippen molar-refractivity contribution in [3.05, 3.63) is 62.9 Å². The summed E-state index contributed by atoms with van der Waals surface area (Å²) < 4.78 is 1.14. The second kappa shape index (κ2) is 6.01. The molecule has 0 spiro atoms. The molecule has 0 amide bonds. The van der Waals surface area contributed by atoms with Gasteiger partial charge in [0.1, 0.15) is 0 Å². The fourth-order valence-electron chi connectivity index (χ4n) is 2.25. The topological polar surface area (TPSA) is 50.9 Å². The van der Waals surface area contributed by atoms with Crippen molar-refractivity contribution in [3.63, 3.8) is 0 Å². The summed E-state index contributed by atoms with van der Waals surface area (Å²) in [6.45, 7) is 0. The highest BCUT2D eigenvalue weighted by atomic mass is 79.9. The third kappa shape index (κ3) is 2.91. The van der Waals surface area contributed by atoms with Crippen LogP contribution >= 0.6 is 27.3 Å². The van der Waals surface area contributed by atoms with Crippen molar-refractivity contribution in [1.29, 1.82) is 0 Å². The van der Waals surface area contributed by atoms with E-state index in [0.717, 1.165) is 21.1 Å². The predicted molar refractivity (Wildman–Crippen MR) is 87.5 cm³/mol. The van der Waals surface area contributed by atoms with Crippen LogP contribution in [0.5, 0.6) is 0 Å². The van der Waals surface area contributed by atoms with Gasteiger partial charge in [-0.25, -0.2) is 0 Å². The zero-order chi connectivity index (χ0) is 13.9. The maximum Gasteiger partial charge on any atom is 0.0702 e. The molecule has 2 heterocycles. The first kappa shape index (κ1) is 13.7. The average Bonchev–Trinajstić information content (AvgIpc) is 2.89. The number of nitrogens with zero attached hydrogens (tertiary/aromatic N) is 1. The number of hydrogen-bond acceptors (Lipinski definition) is 4. The van der Waals surface area contributed by atoms with Crippen LogP contribution < -0.4 is 11.3 Å². The minimum atomic E-state index is 0.102. The number of hydrogen-bond donors (Lipinski definition) is 2. The third-order valence-electron chi connectivity index (χ3n) is 3.26. The largest absolute Gasteiger partial charge is 0.271 e. The van der Waals surface area contributed by atoms with Crippen LogP contribution in [-0.2, 0) is 6.42 Å². The number of rotatable bonds is 4. The van der Waals surface area contributed by atoms with Crippen molar-refractivity contribution in [2.24, 2.45) is 5.84 Å². The van der Waals surface area contributed by atoms with Gasteiger partial charge in [0.05, 0.1) is 15.3 Å². The fraction of sp³-hybridized carbons (Fsp3) is 0.133. The Bertz CT molecular complexity index is 726. The van der Waals surface area contributed by atoms with Crippen molar-refractivity contribution in [2.45, 2.75) is 12.5 Å². The number of aromatic nitrogens is 1. The average molecular weight is 348 g/mol. The molecule has 0 bridgehead atoms. The monoisotopic (exact) mass is 347 g/mol. The Labute approximate surface area is 129 Å². The highest BCUT2D eigenvalue weighted by molar-refractivity contribution is 9.11. The molecular formula is C15H14BrN3S. The van der Waals surface area contributed by atoms with Gasteiger partial charge in [0.2, 0.25) is 0 Å². The van der Waals surface area contributed by atoms with Gasteiger partial charge in [-0.05, 0) is 51.8 Å². The van der Waals surface area contributed by atoms with Gasteiger partial charge in [-0.2, -0.15) is 0 Å². The molecule has 20 heavy (non-hydrogen) atoms. The van der Waals surface area contributed by atoms with Gasteiger partial charge >= 0.3 is 0 Å². The zero-order valence-electron chi connectivity index (χ0n) is 10.7. The van der Waals surface area contributed by atoms with Crippen LogP contribution in [0.1, 0.15) is 16.5 Å². The molecule has 3 aromatic rings. The summed E-state index contributed by atoms with van der Waals surface area (Å²) in [5.41, 5.74) is 5.10. The highest BCUT2D eigenvalue weighted by Gasteiger charge is 2.12. The van der Waals surface area contributed by atoms with E-state index in [4.69, 9.17) is 5.84 Å². The molecule has 3 rings (SSSR count). The molecule has 0 saturated heterocycles. The number of nitrogens with two attached hydrogens (primary N) is 1. The minimum Gasteiger partial charge on any atom is -0.271 e. The smallest absolute Gasteiger partial charge is 0.0702 e. The number of halogens is 1. The maximum absolute atomic E-state index is 5.73. The van der Waals surface area contributed by atoms with Gasteiger partial charge in [0.15, 0.2) is 0 Å². The highest BCUT2D eigenvalue weighted by Crippen LogP contribution is 2.27. The number of fused-ring (bicyclic) bond motifs is 1. The molecule has 1 atom stereocenters. The molecule has 0 saturated carbocycles. The van der Waals surface area contributed by atoms with Crippen LogP contribution in [0.4, 0.5) is 0 Å². The summed E-state index contributed by atoms with van der Waals surface area (Å²) in [7, 11) is 0. The number of pyridine rings is 1. The minimum absolute atomic E-state index is 0.102. The molecular weight excluding hydrogens is 334 g/mol. The fourth-order valence-corrected chi connectivity index (χ4v) is 3.78. The second-order valence-corrected chi connectivity index (χ2v) is 7.13. The van der Waals surface area contributed by atoms with E-state index in [1.54, 1.807) is 11.3 Å². The van der Waals surface area contributed by atoms with E-state index < -0.39 is 0 Å². The molecule has 0 fully saturated rings. The molecule has 0 aliphatic heterocycles. The van der Waals surface area contributed by atoms with Crippen LogP contribution in [0, 0.1) is 0 Å². The maximum atomic E-state index is 5.73. The molecule has 5 heteroatoms. The number of benzene rings is 1. The Morgan fingerprint density at radius 3 is 2.90 bits per heavy atom. The first-order valence-corrected chi connectivity index (χ1v) is 7.92. The quantitative estimate of drug-likeness (QED) is 0.557. The molecule has 1 unspecified atom stereocenters. The van der Waals surface area contributed by atoms with E-state index >= 15 is 0 Å². The Morgan fingerprint density at radius 2 is 2.15 bits per heavy atom. The zero-order valence-corrected chi connectivity index (χ0v) is 13.1. The molecule has 0 radical (unpaired) electrons. The van der Waals surface area contributed by atoms with Crippen LogP contribution in [0.25, 0.3) is 10.9 Å². The van der Waals surface area contributed by atoms with Gasteiger partial charge in [0, 0.05) is 22.9 Å². The molecule has 3 N–H and O–H groups in total. The van der Waals surface area contributed by atoms with Crippen LogP contribution in [0.3, 0.4) is 0 Å². The Hall–Kier alpha value is -1.27. The third-order valence-corrected chi connectivity index (χ3v) is 4.91. The Balaban J connectivity index is 1.90. The van der Waals surface area contributed by atoms with Crippen molar-refractivity contribution >= 4 is 38.2 Å². The lowest BCUT2D eigenvalue weighted by molar-refractivity contribution is 0.556. The normalized spacial score (nSPS) is 12.7. The first-order chi connectivity index (χ1) is 9.76. The molecule has 2 aromatic heterocycles. The van der Waals surface area contributed by atoms with Crippen molar-refractivity contribution < 1.29 is 0 Å². The van der Waals surface area contributed by atoms with E-state index in [2.05, 4.69) is 56.7 Å². The van der Waals surface area contributed by atoms with Crippen molar-refractivity contribution in [1.82, 2.24) is 10.4 Å². The predicted octanol–water partition coefficient (Wildman–Crippen LogP) is 3.81. The summed E-state index contributed by atoms with van der Waals surface area (Å²) >= 11 is 5.23. The first-order valence-electron chi connectivity index (χ1n) is 6.31. The lowest BCUT2D eigenvalue weighted by Gasteiger charge is -2.16.